The number of nitrogens with zero attached hydrogens (tertiary/aromatic N) is 1. The van der Waals surface area contributed by atoms with E-state index in [1.807, 2.05) is 12.3 Å². The standard InChI is InChI=1S/C16H21N3O2/c1-21-13-3-2-11(8-18-13)16-6-10-4-12(19-16)7-15(5-10,9-16)14(17)20/h2-3,8,10,12,19H,4-7,9H2,1H3,(H2,17,20). The van der Waals surface area contributed by atoms with Crippen molar-refractivity contribution in [1.82, 2.24) is 10.3 Å². The number of hydrogen-bond donors (Lipinski definition) is 2. The normalized spacial score (nSPS) is 40.2. The molecular formula is C16H21N3O2. The predicted molar refractivity (Wildman–Crippen MR) is 77.6 cm³/mol. The van der Waals surface area contributed by atoms with Crippen LogP contribution in [-0.2, 0) is 10.3 Å². The Labute approximate surface area is 124 Å². The Bertz CT molecular complexity index is 570. The Hall–Kier alpha value is -1.62. The van der Waals surface area contributed by atoms with Gasteiger partial charge in [-0.15, -0.1) is 0 Å². The zero-order valence-corrected chi connectivity index (χ0v) is 12.3. The second kappa shape index (κ2) is 4.19. The topological polar surface area (TPSA) is 77.2 Å². The van der Waals surface area contributed by atoms with Gasteiger partial charge in [0.2, 0.25) is 11.8 Å². The van der Waals surface area contributed by atoms with Gasteiger partial charge in [-0.3, -0.25) is 4.79 Å². The van der Waals surface area contributed by atoms with E-state index in [-0.39, 0.29) is 16.9 Å². The molecule has 4 aliphatic rings. The highest BCUT2D eigenvalue weighted by Gasteiger charge is 2.60. The first-order chi connectivity index (χ1) is 10.1. The molecule has 1 amide bonds. The number of piperidine rings is 2. The van der Waals surface area contributed by atoms with Gasteiger partial charge in [0.1, 0.15) is 0 Å². The molecule has 5 heteroatoms. The van der Waals surface area contributed by atoms with Gasteiger partial charge in [0, 0.05) is 23.8 Å². The third kappa shape index (κ3) is 1.80. The summed E-state index contributed by atoms with van der Waals surface area (Å²) in [6.07, 6.45) is 6.78. The van der Waals surface area contributed by atoms with Crippen LogP contribution in [0.15, 0.2) is 18.3 Å². The minimum Gasteiger partial charge on any atom is -0.481 e. The van der Waals surface area contributed by atoms with Crippen LogP contribution in [0.2, 0.25) is 0 Å². The van der Waals surface area contributed by atoms with Crippen LogP contribution >= 0.6 is 0 Å². The number of rotatable bonds is 3. The van der Waals surface area contributed by atoms with E-state index in [0.717, 1.165) is 31.2 Å². The quantitative estimate of drug-likeness (QED) is 0.879. The summed E-state index contributed by atoms with van der Waals surface area (Å²) < 4.78 is 5.14. The summed E-state index contributed by atoms with van der Waals surface area (Å²) in [4.78, 5) is 16.4. The Morgan fingerprint density at radius 1 is 1.43 bits per heavy atom. The molecule has 4 bridgehead atoms. The Balaban J connectivity index is 1.75. The molecular weight excluding hydrogens is 266 g/mol. The lowest BCUT2D eigenvalue weighted by molar-refractivity contribution is -0.145. The Morgan fingerprint density at radius 3 is 2.90 bits per heavy atom. The lowest BCUT2D eigenvalue weighted by Gasteiger charge is -2.61. The molecule has 5 nitrogen and oxygen atoms in total. The van der Waals surface area contributed by atoms with Crippen LogP contribution < -0.4 is 15.8 Å². The van der Waals surface area contributed by atoms with E-state index in [1.54, 1.807) is 7.11 Å². The van der Waals surface area contributed by atoms with Crippen LogP contribution in [0.4, 0.5) is 0 Å². The molecule has 4 atom stereocenters. The van der Waals surface area contributed by atoms with Crippen LogP contribution in [0, 0.1) is 11.3 Å². The van der Waals surface area contributed by atoms with Gasteiger partial charge >= 0.3 is 0 Å². The van der Waals surface area contributed by atoms with Gasteiger partial charge < -0.3 is 15.8 Å². The van der Waals surface area contributed by atoms with Crippen molar-refractivity contribution in [3.05, 3.63) is 23.9 Å². The number of carbonyl (C=O) groups is 1. The summed E-state index contributed by atoms with van der Waals surface area (Å²) in [5, 5.41) is 3.77. The minimum absolute atomic E-state index is 0.121. The first-order valence-corrected chi connectivity index (χ1v) is 7.63. The van der Waals surface area contributed by atoms with Crippen molar-refractivity contribution in [1.29, 1.82) is 0 Å². The largest absolute Gasteiger partial charge is 0.481 e. The number of amides is 1. The average Bonchev–Trinajstić information content (AvgIpc) is 2.46. The molecule has 0 radical (unpaired) electrons. The second-order valence-corrected chi connectivity index (χ2v) is 7.05. The van der Waals surface area contributed by atoms with Crippen molar-refractivity contribution < 1.29 is 9.53 Å². The highest BCUT2D eigenvalue weighted by atomic mass is 16.5. The SMILES string of the molecule is COc1ccc(C23CC4CC(CC(C(N)=O)(C4)C2)N3)cn1. The monoisotopic (exact) mass is 287 g/mol. The van der Waals surface area contributed by atoms with Crippen molar-refractivity contribution >= 4 is 5.91 Å². The van der Waals surface area contributed by atoms with Crippen LogP contribution in [0.1, 0.15) is 37.7 Å². The molecule has 0 aromatic carbocycles. The summed E-state index contributed by atoms with van der Waals surface area (Å²) >= 11 is 0. The van der Waals surface area contributed by atoms with Crippen molar-refractivity contribution in [2.75, 3.05) is 7.11 Å². The van der Waals surface area contributed by atoms with E-state index >= 15 is 0 Å². The zero-order valence-electron chi connectivity index (χ0n) is 12.3. The van der Waals surface area contributed by atoms with Crippen LogP contribution in [0.25, 0.3) is 0 Å². The minimum atomic E-state index is -0.322. The third-order valence-corrected chi connectivity index (χ3v) is 5.71. The lowest BCUT2D eigenvalue weighted by atomic mass is 9.50. The fourth-order valence-electron chi connectivity index (χ4n) is 5.11. The first-order valence-electron chi connectivity index (χ1n) is 7.63. The Kier molecular flexibility index (Phi) is 2.61. The molecule has 0 spiro atoms. The number of pyridine rings is 1. The van der Waals surface area contributed by atoms with Gasteiger partial charge in [-0.25, -0.2) is 4.98 Å². The third-order valence-electron chi connectivity index (χ3n) is 5.71. The number of aromatic nitrogens is 1. The molecule has 5 rings (SSSR count). The van der Waals surface area contributed by atoms with Gasteiger partial charge in [0.25, 0.3) is 0 Å². The summed E-state index contributed by atoms with van der Waals surface area (Å²) in [6, 6.07) is 4.37. The molecule has 3 heterocycles. The summed E-state index contributed by atoms with van der Waals surface area (Å²) in [5.74, 6) is 1.09. The molecule has 4 unspecified atom stereocenters. The first kappa shape index (κ1) is 13.1. The number of methoxy groups -OCH3 is 1. The van der Waals surface area contributed by atoms with Crippen molar-refractivity contribution in [2.45, 2.75) is 43.7 Å². The lowest BCUT2D eigenvalue weighted by Crippen LogP contribution is -2.68. The van der Waals surface area contributed by atoms with E-state index in [2.05, 4.69) is 16.4 Å². The highest BCUT2D eigenvalue weighted by Crippen LogP contribution is 2.59. The molecule has 2 saturated carbocycles. The Morgan fingerprint density at radius 2 is 2.29 bits per heavy atom. The van der Waals surface area contributed by atoms with Gasteiger partial charge in [-0.05, 0) is 43.6 Å². The van der Waals surface area contributed by atoms with Crippen LogP contribution in [0.5, 0.6) is 5.88 Å². The van der Waals surface area contributed by atoms with Crippen molar-refractivity contribution in [3.8, 4) is 5.88 Å². The van der Waals surface area contributed by atoms with Gasteiger partial charge in [-0.1, -0.05) is 6.07 Å². The van der Waals surface area contributed by atoms with E-state index in [4.69, 9.17) is 10.5 Å². The number of hydrogen-bond acceptors (Lipinski definition) is 4. The van der Waals surface area contributed by atoms with Crippen molar-refractivity contribution in [3.63, 3.8) is 0 Å². The molecule has 3 N–H and O–H groups in total. The number of carbonyl (C=O) groups excluding carboxylic acids is 1. The summed E-state index contributed by atoms with van der Waals surface area (Å²) in [7, 11) is 1.62. The van der Waals surface area contributed by atoms with E-state index in [0.29, 0.717) is 17.8 Å². The van der Waals surface area contributed by atoms with E-state index in [9.17, 15) is 4.79 Å². The van der Waals surface area contributed by atoms with E-state index in [1.165, 1.54) is 6.42 Å². The molecule has 2 aliphatic heterocycles. The second-order valence-electron chi connectivity index (χ2n) is 7.05. The average molecular weight is 287 g/mol. The summed E-state index contributed by atoms with van der Waals surface area (Å²) in [6.45, 7) is 0. The van der Waals surface area contributed by atoms with Gasteiger partial charge in [0.05, 0.1) is 12.5 Å². The van der Waals surface area contributed by atoms with Crippen LogP contribution in [-0.4, -0.2) is 24.0 Å². The summed E-state index contributed by atoms with van der Waals surface area (Å²) in [5.41, 5.74) is 6.46. The molecule has 21 heavy (non-hydrogen) atoms. The van der Waals surface area contributed by atoms with Crippen LogP contribution in [0.3, 0.4) is 0 Å². The van der Waals surface area contributed by atoms with Gasteiger partial charge in [0.15, 0.2) is 0 Å². The van der Waals surface area contributed by atoms with E-state index < -0.39 is 0 Å². The maximum absolute atomic E-state index is 12.1. The molecule has 2 aliphatic carbocycles. The smallest absolute Gasteiger partial charge is 0.223 e. The molecule has 1 aromatic rings. The van der Waals surface area contributed by atoms with Gasteiger partial charge in [-0.2, -0.15) is 0 Å². The zero-order chi connectivity index (χ0) is 14.7. The fourth-order valence-corrected chi connectivity index (χ4v) is 5.11. The molecule has 2 saturated heterocycles. The molecule has 1 aromatic heterocycles. The number of ether oxygens (including phenoxy) is 1. The van der Waals surface area contributed by atoms with Crippen molar-refractivity contribution in [2.24, 2.45) is 17.1 Å². The maximum Gasteiger partial charge on any atom is 0.223 e. The number of nitrogens with one attached hydrogen (secondary N) is 1. The molecule has 112 valence electrons. The number of nitrogens with two attached hydrogens (primary N) is 1. The highest BCUT2D eigenvalue weighted by molar-refractivity contribution is 5.81. The molecule has 4 fully saturated rings. The fraction of sp³-hybridized carbons (Fsp3) is 0.625. The maximum atomic E-state index is 12.1. The predicted octanol–water partition coefficient (Wildman–Crippen LogP) is 1.32. The number of primary amides is 1.